The van der Waals surface area contributed by atoms with Gasteiger partial charge >= 0.3 is 0 Å². The highest BCUT2D eigenvalue weighted by Crippen LogP contribution is 2.18. The van der Waals surface area contributed by atoms with E-state index in [0.717, 1.165) is 15.9 Å². The second-order valence-corrected chi connectivity index (χ2v) is 4.83. The minimum Gasteiger partial charge on any atom is -0.294 e. The van der Waals surface area contributed by atoms with E-state index in [0.29, 0.717) is 12.0 Å². The molecule has 17 heavy (non-hydrogen) atoms. The highest BCUT2D eigenvalue weighted by Gasteiger charge is 2.12. The van der Waals surface area contributed by atoms with Crippen LogP contribution in [0.2, 0.25) is 0 Å². The number of hydrogen-bond acceptors (Lipinski definition) is 2. The normalized spacial score (nSPS) is 10.5. The second-order valence-electron chi connectivity index (χ2n) is 3.98. The molecule has 0 saturated heterocycles. The number of carbonyl (C=O) groups excluding carboxylic acids is 1. The van der Waals surface area contributed by atoms with Crippen LogP contribution in [0.15, 0.2) is 34.8 Å². The van der Waals surface area contributed by atoms with Gasteiger partial charge in [0.15, 0.2) is 5.78 Å². The Kier molecular flexibility index (Phi) is 3.43. The number of ketones is 1. The number of nitrogens with zero attached hydrogens (tertiary/aromatic N) is 2. The third-order valence-electron chi connectivity index (χ3n) is 2.61. The van der Waals surface area contributed by atoms with Crippen LogP contribution < -0.4 is 0 Å². The fraction of sp³-hybridized carbons (Fsp3) is 0.231. The molecular formula is C13H13BrN2O. The van der Waals surface area contributed by atoms with Gasteiger partial charge in [0.05, 0.1) is 12.1 Å². The summed E-state index contributed by atoms with van der Waals surface area (Å²) in [5, 5.41) is 4.23. The lowest BCUT2D eigenvalue weighted by Crippen LogP contribution is -2.08. The van der Waals surface area contributed by atoms with Crippen LogP contribution in [-0.4, -0.2) is 15.6 Å². The molecule has 0 aliphatic carbocycles. The van der Waals surface area contributed by atoms with E-state index >= 15 is 0 Å². The van der Waals surface area contributed by atoms with E-state index < -0.39 is 0 Å². The summed E-state index contributed by atoms with van der Waals surface area (Å²) in [6.07, 6.45) is 0.375. The number of benzene rings is 1. The summed E-state index contributed by atoms with van der Waals surface area (Å²) in [6, 6.07) is 9.41. The van der Waals surface area contributed by atoms with Crippen molar-refractivity contribution in [3.05, 3.63) is 51.8 Å². The van der Waals surface area contributed by atoms with Crippen molar-refractivity contribution in [2.24, 2.45) is 7.05 Å². The third kappa shape index (κ3) is 2.64. The zero-order valence-corrected chi connectivity index (χ0v) is 11.4. The van der Waals surface area contributed by atoms with Crippen molar-refractivity contribution >= 4 is 21.7 Å². The summed E-state index contributed by atoms with van der Waals surface area (Å²) in [6.45, 7) is 1.92. The van der Waals surface area contributed by atoms with Gasteiger partial charge in [-0.3, -0.25) is 9.48 Å². The van der Waals surface area contributed by atoms with Crippen molar-refractivity contribution in [3.8, 4) is 0 Å². The monoisotopic (exact) mass is 292 g/mol. The maximum atomic E-state index is 12.1. The molecule has 4 heteroatoms. The molecule has 0 bridgehead atoms. The van der Waals surface area contributed by atoms with Crippen LogP contribution in [0.4, 0.5) is 0 Å². The number of carbonyl (C=O) groups is 1. The van der Waals surface area contributed by atoms with Gasteiger partial charge in [0.1, 0.15) is 0 Å². The zero-order chi connectivity index (χ0) is 12.4. The molecule has 0 spiro atoms. The Morgan fingerprint density at radius 3 is 2.71 bits per heavy atom. The molecule has 2 aromatic rings. The van der Waals surface area contributed by atoms with E-state index in [1.165, 1.54) is 0 Å². The molecule has 0 saturated carbocycles. The standard InChI is InChI=1S/C13H13BrN2O/c1-9-7-10(16(2)15-9)8-13(17)11-5-3-4-6-12(11)14/h3-7H,8H2,1-2H3. The Balaban J connectivity index is 2.23. The van der Waals surface area contributed by atoms with Gasteiger partial charge in [-0.2, -0.15) is 5.10 Å². The van der Waals surface area contributed by atoms with E-state index in [1.54, 1.807) is 4.68 Å². The molecule has 0 aliphatic heterocycles. The number of aryl methyl sites for hydroxylation is 2. The molecule has 88 valence electrons. The molecule has 1 aromatic heterocycles. The predicted octanol–water partition coefficient (Wildman–Crippen LogP) is 2.92. The van der Waals surface area contributed by atoms with Gasteiger partial charge in [-0.25, -0.2) is 0 Å². The van der Waals surface area contributed by atoms with Crippen LogP contribution in [-0.2, 0) is 13.5 Å². The van der Waals surface area contributed by atoms with Gasteiger partial charge in [0.2, 0.25) is 0 Å². The Morgan fingerprint density at radius 1 is 1.41 bits per heavy atom. The number of Topliss-reactive ketones (excluding diaryl/α,β-unsaturated/α-hetero) is 1. The van der Waals surface area contributed by atoms with Gasteiger partial charge in [0, 0.05) is 22.8 Å². The average Bonchev–Trinajstić information content (AvgIpc) is 2.58. The van der Waals surface area contributed by atoms with Crippen molar-refractivity contribution in [2.45, 2.75) is 13.3 Å². The molecule has 0 aliphatic rings. The number of aromatic nitrogens is 2. The molecule has 0 fully saturated rings. The van der Waals surface area contributed by atoms with Gasteiger partial charge in [-0.05, 0) is 19.1 Å². The molecule has 0 N–H and O–H groups in total. The Labute approximate surface area is 109 Å². The predicted molar refractivity (Wildman–Crippen MR) is 70.1 cm³/mol. The maximum absolute atomic E-state index is 12.1. The van der Waals surface area contributed by atoms with Crippen LogP contribution in [0.3, 0.4) is 0 Å². The van der Waals surface area contributed by atoms with Crippen LogP contribution >= 0.6 is 15.9 Å². The summed E-state index contributed by atoms with van der Waals surface area (Å²) in [4.78, 5) is 12.1. The van der Waals surface area contributed by atoms with Gasteiger partial charge < -0.3 is 0 Å². The molecule has 0 atom stereocenters. The first-order valence-electron chi connectivity index (χ1n) is 5.35. The van der Waals surface area contributed by atoms with E-state index in [2.05, 4.69) is 21.0 Å². The highest BCUT2D eigenvalue weighted by molar-refractivity contribution is 9.10. The lowest BCUT2D eigenvalue weighted by molar-refractivity contribution is 0.0990. The third-order valence-corrected chi connectivity index (χ3v) is 3.31. The first kappa shape index (κ1) is 12.0. The van der Waals surface area contributed by atoms with E-state index in [1.807, 2.05) is 44.3 Å². The Hall–Kier alpha value is -1.42. The largest absolute Gasteiger partial charge is 0.294 e. The molecular weight excluding hydrogens is 280 g/mol. The molecule has 0 amide bonds. The summed E-state index contributed by atoms with van der Waals surface area (Å²) in [5.41, 5.74) is 2.58. The fourth-order valence-corrected chi connectivity index (χ4v) is 2.28. The van der Waals surface area contributed by atoms with Crippen molar-refractivity contribution < 1.29 is 4.79 Å². The Morgan fingerprint density at radius 2 is 2.12 bits per heavy atom. The first-order valence-corrected chi connectivity index (χ1v) is 6.14. The van der Waals surface area contributed by atoms with E-state index in [9.17, 15) is 4.79 Å². The van der Waals surface area contributed by atoms with Gasteiger partial charge in [-0.1, -0.05) is 34.1 Å². The first-order chi connectivity index (χ1) is 8.08. The summed E-state index contributed by atoms with van der Waals surface area (Å²) < 4.78 is 2.59. The molecule has 0 unspecified atom stereocenters. The molecule has 2 rings (SSSR count). The summed E-state index contributed by atoms with van der Waals surface area (Å²) in [5.74, 6) is 0.0977. The number of rotatable bonds is 3. The molecule has 3 nitrogen and oxygen atoms in total. The SMILES string of the molecule is Cc1cc(CC(=O)c2ccccc2Br)n(C)n1. The van der Waals surface area contributed by atoms with Crippen molar-refractivity contribution in [1.82, 2.24) is 9.78 Å². The van der Waals surface area contributed by atoms with Gasteiger partial charge in [0.25, 0.3) is 0 Å². The molecule has 1 heterocycles. The quantitative estimate of drug-likeness (QED) is 0.816. The number of halogens is 1. The fourth-order valence-electron chi connectivity index (χ4n) is 1.78. The van der Waals surface area contributed by atoms with E-state index in [4.69, 9.17) is 0 Å². The smallest absolute Gasteiger partial charge is 0.169 e. The summed E-state index contributed by atoms with van der Waals surface area (Å²) in [7, 11) is 1.86. The highest BCUT2D eigenvalue weighted by atomic mass is 79.9. The van der Waals surface area contributed by atoms with Crippen LogP contribution in [0.25, 0.3) is 0 Å². The van der Waals surface area contributed by atoms with Crippen molar-refractivity contribution in [2.75, 3.05) is 0 Å². The lowest BCUT2D eigenvalue weighted by atomic mass is 10.1. The Bertz CT molecular complexity index is 560. The van der Waals surface area contributed by atoms with Crippen molar-refractivity contribution in [3.63, 3.8) is 0 Å². The van der Waals surface area contributed by atoms with Gasteiger partial charge in [-0.15, -0.1) is 0 Å². The van der Waals surface area contributed by atoms with Crippen LogP contribution in [0.5, 0.6) is 0 Å². The second kappa shape index (κ2) is 4.84. The maximum Gasteiger partial charge on any atom is 0.169 e. The average molecular weight is 293 g/mol. The van der Waals surface area contributed by atoms with Crippen LogP contribution in [0.1, 0.15) is 21.7 Å². The lowest BCUT2D eigenvalue weighted by Gasteiger charge is -2.03. The minimum absolute atomic E-state index is 0.0977. The zero-order valence-electron chi connectivity index (χ0n) is 9.77. The number of hydrogen-bond donors (Lipinski definition) is 0. The molecule has 1 aromatic carbocycles. The van der Waals surface area contributed by atoms with Crippen molar-refractivity contribution in [1.29, 1.82) is 0 Å². The van der Waals surface area contributed by atoms with Crippen LogP contribution in [0, 0.1) is 6.92 Å². The topological polar surface area (TPSA) is 34.9 Å². The molecule has 0 radical (unpaired) electrons. The van der Waals surface area contributed by atoms with E-state index in [-0.39, 0.29) is 5.78 Å². The summed E-state index contributed by atoms with van der Waals surface area (Å²) >= 11 is 3.39. The minimum atomic E-state index is 0.0977.